The van der Waals surface area contributed by atoms with Gasteiger partial charge in [-0.3, -0.25) is 14.3 Å². The smallest absolute Gasteiger partial charge is 0.381 e. The van der Waals surface area contributed by atoms with Gasteiger partial charge in [0.15, 0.2) is 6.73 Å². The summed E-state index contributed by atoms with van der Waals surface area (Å²) in [6, 6.07) is -1.01. The lowest BCUT2D eigenvalue weighted by molar-refractivity contribution is -0.961. The number of esters is 2. The maximum Gasteiger partial charge on any atom is 0.381 e. The molecule has 3 atom stereocenters. The van der Waals surface area contributed by atoms with E-state index in [1.807, 2.05) is 53.7 Å². The predicted octanol–water partition coefficient (Wildman–Crippen LogP) is 2.29. The molecular weight excluding hydrogens is 412 g/mol. The van der Waals surface area contributed by atoms with E-state index in [2.05, 4.69) is 9.73 Å². The van der Waals surface area contributed by atoms with Crippen molar-refractivity contribution in [1.82, 2.24) is 0 Å². The number of allylic oxidation sites excluding steroid dienone is 2. The summed E-state index contributed by atoms with van der Waals surface area (Å²) in [7, 11) is 1.17. The Bertz CT molecular complexity index is 945. The first-order valence-electron chi connectivity index (χ1n) is 10.8. The van der Waals surface area contributed by atoms with Crippen molar-refractivity contribution >= 4 is 23.4 Å². The highest BCUT2D eigenvalue weighted by Gasteiger charge is 2.58. The second-order valence-corrected chi connectivity index (χ2v) is 10.3. The van der Waals surface area contributed by atoms with Crippen LogP contribution in [0.15, 0.2) is 40.4 Å². The Hall–Kier alpha value is -2.58. The Morgan fingerprint density at radius 2 is 1.81 bits per heavy atom. The van der Waals surface area contributed by atoms with E-state index in [1.54, 1.807) is 12.2 Å². The lowest BCUT2D eigenvalue weighted by Gasteiger charge is -2.45. The van der Waals surface area contributed by atoms with E-state index in [0.29, 0.717) is 12.1 Å². The van der Waals surface area contributed by atoms with Gasteiger partial charge in [-0.25, -0.2) is 9.59 Å². The average Bonchev–Trinajstić information content (AvgIpc) is 2.91. The molecule has 0 saturated heterocycles. The van der Waals surface area contributed by atoms with Gasteiger partial charge in [0, 0.05) is 11.1 Å². The maximum absolute atomic E-state index is 13.4. The van der Waals surface area contributed by atoms with Crippen molar-refractivity contribution in [2.45, 2.75) is 64.8 Å². The highest BCUT2D eigenvalue weighted by molar-refractivity contribution is 6.67. The molecule has 0 radical (unpaired) electrons. The molecule has 2 aliphatic heterocycles. The SMILES string of the molecule is COC(=O)C(=O)C1=NCC[N+]2(COC(C)(C)C)C(C(=O)OC(C)(C)C)C=C3C=CC=C1C32. The minimum absolute atomic E-state index is 0.0812. The van der Waals surface area contributed by atoms with Gasteiger partial charge in [0.1, 0.15) is 23.9 Å². The van der Waals surface area contributed by atoms with Crippen LogP contribution in [0.3, 0.4) is 0 Å². The standard InChI is InChI=1S/C24H33N2O6/c1-23(2,3)31-14-26-12-11-25-18(20(27)22(29)30-7)16-10-8-9-15(19(16)26)13-17(26)21(28)32-24(4,5)6/h8-10,13,17,19H,11-12,14H2,1-7H3/q+1. The number of methoxy groups -OCH3 is 1. The van der Waals surface area contributed by atoms with Crippen LogP contribution < -0.4 is 0 Å². The van der Waals surface area contributed by atoms with Crippen molar-refractivity contribution in [3.05, 3.63) is 35.5 Å². The number of ether oxygens (including phenoxy) is 3. The third-order valence-corrected chi connectivity index (χ3v) is 5.63. The molecule has 0 fully saturated rings. The Labute approximate surface area is 189 Å². The first-order valence-corrected chi connectivity index (χ1v) is 10.8. The molecule has 0 aromatic heterocycles. The van der Waals surface area contributed by atoms with Crippen molar-refractivity contribution in [3.63, 3.8) is 0 Å². The second-order valence-electron chi connectivity index (χ2n) is 10.3. The molecule has 0 aromatic carbocycles. The molecule has 3 unspecified atom stereocenters. The highest BCUT2D eigenvalue weighted by atomic mass is 16.6. The van der Waals surface area contributed by atoms with Crippen LogP contribution >= 0.6 is 0 Å². The van der Waals surface area contributed by atoms with Gasteiger partial charge in [0.25, 0.3) is 5.78 Å². The summed E-state index contributed by atoms with van der Waals surface area (Å²) in [5.41, 5.74) is 0.456. The molecule has 0 aromatic rings. The van der Waals surface area contributed by atoms with Gasteiger partial charge in [0.05, 0.1) is 19.3 Å². The number of carbonyl (C=O) groups is 3. The van der Waals surface area contributed by atoms with Crippen LogP contribution in [-0.2, 0) is 28.6 Å². The quantitative estimate of drug-likeness (QED) is 0.366. The maximum atomic E-state index is 13.4. The number of nitrogens with zero attached hydrogens (tertiary/aromatic N) is 2. The van der Waals surface area contributed by atoms with Crippen LogP contribution in [0, 0.1) is 0 Å². The zero-order chi connectivity index (χ0) is 23.9. The predicted molar refractivity (Wildman–Crippen MR) is 119 cm³/mol. The van der Waals surface area contributed by atoms with Crippen LogP contribution in [0.4, 0.5) is 0 Å². The normalized spacial score (nSPS) is 26.9. The van der Waals surface area contributed by atoms with E-state index in [9.17, 15) is 14.4 Å². The Kier molecular flexibility index (Phi) is 6.32. The number of ketones is 1. The van der Waals surface area contributed by atoms with Gasteiger partial charge < -0.3 is 14.2 Å². The Morgan fingerprint density at radius 1 is 1.12 bits per heavy atom. The van der Waals surface area contributed by atoms with Gasteiger partial charge in [0.2, 0.25) is 6.04 Å². The second kappa shape index (κ2) is 8.41. The van der Waals surface area contributed by atoms with E-state index in [0.717, 1.165) is 5.57 Å². The van der Waals surface area contributed by atoms with E-state index in [1.165, 1.54) is 7.11 Å². The summed E-state index contributed by atoms with van der Waals surface area (Å²) < 4.78 is 16.8. The molecule has 174 valence electrons. The summed E-state index contributed by atoms with van der Waals surface area (Å²) in [6.45, 7) is 12.3. The first-order chi connectivity index (χ1) is 14.8. The number of Topliss-reactive ketones (excluding diaryl/α,β-unsaturated/α-hetero) is 1. The van der Waals surface area contributed by atoms with Crippen LogP contribution in [0.1, 0.15) is 41.5 Å². The number of hydrogen-bond acceptors (Lipinski definition) is 7. The Balaban J connectivity index is 2.10. The largest absolute Gasteiger partial charge is 0.463 e. The Morgan fingerprint density at radius 3 is 2.41 bits per heavy atom. The zero-order valence-electron chi connectivity index (χ0n) is 19.9. The molecule has 0 bridgehead atoms. The van der Waals surface area contributed by atoms with E-state index in [4.69, 9.17) is 9.47 Å². The molecule has 0 N–H and O–H groups in total. The monoisotopic (exact) mass is 445 g/mol. The molecule has 2 heterocycles. The average molecular weight is 446 g/mol. The van der Waals surface area contributed by atoms with Crippen molar-refractivity contribution in [2.75, 3.05) is 26.9 Å². The van der Waals surface area contributed by atoms with E-state index < -0.39 is 29.0 Å². The molecule has 1 aliphatic carbocycles. The van der Waals surface area contributed by atoms with Crippen molar-refractivity contribution in [3.8, 4) is 0 Å². The molecule has 0 amide bonds. The summed E-state index contributed by atoms with van der Waals surface area (Å²) in [6.07, 6.45) is 7.42. The van der Waals surface area contributed by atoms with Gasteiger partial charge in [-0.2, -0.15) is 0 Å². The molecule has 3 rings (SSSR count). The van der Waals surface area contributed by atoms with Crippen molar-refractivity contribution in [2.24, 2.45) is 4.99 Å². The summed E-state index contributed by atoms with van der Waals surface area (Å²) in [5.74, 6) is -2.10. The summed E-state index contributed by atoms with van der Waals surface area (Å²) >= 11 is 0. The number of carbonyl (C=O) groups excluding carboxylic acids is 3. The number of rotatable bonds is 5. The molecule has 0 saturated carbocycles. The van der Waals surface area contributed by atoms with Crippen LogP contribution in [0.2, 0.25) is 0 Å². The van der Waals surface area contributed by atoms with Crippen molar-refractivity contribution in [1.29, 1.82) is 0 Å². The number of aliphatic imine (C=N–C) groups is 1. The van der Waals surface area contributed by atoms with Gasteiger partial charge in [-0.1, -0.05) is 18.2 Å². The lowest BCUT2D eigenvalue weighted by atomic mass is 9.89. The van der Waals surface area contributed by atoms with Crippen LogP contribution in [-0.4, -0.2) is 78.1 Å². The molecular formula is C24H33N2O6+. The minimum Gasteiger partial charge on any atom is -0.463 e. The van der Waals surface area contributed by atoms with E-state index in [-0.39, 0.29) is 35.5 Å². The number of hydrogen-bond donors (Lipinski definition) is 0. The van der Waals surface area contributed by atoms with Gasteiger partial charge in [-0.05, 0) is 47.6 Å². The third-order valence-electron chi connectivity index (χ3n) is 5.63. The molecule has 8 heteroatoms. The third kappa shape index (κ3) is 4.61. The molecule has 3 aliphatic rings. The van der Waals surface area contributed by atoms with Crippen LogP contribution in [0.5, 0.6) is 0 Å². The van der Waals surface area contributed by atoms with Gasteiger partial charge >= 0.3 is 11.9 Å². The summed E-state index contributed by atoms with van der Waals surface area (Å²) in [5, 5.41) is 0. The summed E-state index contributed by atoms with van der Waals surface area (Å²) in [4.78, 5) is 42.6. The fourth-order valence-corrected chi connectivity index (χ4v) is 4.32. The highest BCUT2D eigenvalue weighted by Crippen LogP contribution is 2.42. The van der Waals surface area contributed by atoms with Gasteiger partial charge in [-0.15, -0.1) is 0 Å². The molecule has 0 spiro atoms. The van der Waals surface area contributed by atoms with Crippen LogP contribution in [0.25, 0.3) is 0 Å². The molecule has 8 nitrogen and oxygen atoms in total. The van der Waals surface area contributed by atoms with Crippen molar-refractivity contribution < 1.29 is 33.1 Å². The van der Waals surface area contributed by atoms with E-state index >= 15 is 0 Å². The lowest BCUT2D eigenvalue weighted by Crippen LogP contribution is -2.64. The minimum atomic E-state index is -0.961. The fraction of sp³-hybridized carbons (Fsp3) is 0.583. The number of quaternary nitrogens is 1. The topological polar surface area (TPSA) is 91.3 Å². The zero-order valence-corrected chi connectivity index (χ0v) is 19.9. The fourth-order valence-electron chi connectivity index (χ4n) is 4.32. The molecule has 32 heavy (non-hydrogen) atoms. The first kappa shape index (κ1) is 24.1.